The van der Waals surface area contributed by atoms with Crippen LogP contribution in [0.4, 0.5) is 32.0 Å². The van der Waals surface area contributed by atoms with Gasteiger partial charge in [-0.3, -0.25) is 10.1 Å². The van der Waals surface area contributed by atoms with Gasteiger partial charge >= 0.3 is 22.5 Å². The van der Waals surface area contributed by atoms with Gasteiger partial charge in [-0.25, -0.2) is 0 Å². The molecule has 0 aromatic heterocycles. The molecule has 0 unspecified atom stereocenters. The average molecular weight is 500 g/mol. The fourth-order valence-electron chi connectivity index (χ4n) is 2.22. The first-order chi connectivity index (χ1) is 15.1. The molecule has 0 saturated heterocycles. The van der Waals surface area contributed by atoms with Crippen molar-refractivity contribution in [2.24, 2.45) is 0 Å². The predicted molar refractivity (Wildman–Crippen MR) is 95.2 cm³/mol. The zero-order valence-electron chi connectivity index (χ0n) is 15.8. The van der Waals surface area contributed by atoms with E-state index in [1.54, 1.807) is 0 Å². The van der Waals surface area contributed by atoms with Crippen LogP contribution in [0.25, 0.3) is 0 Å². The summed E-state index contributed by atoms with van der Waals surface area (Å²) in [6, 6.07) is 5.89. The molecule has 0 aliphatic heterocycles. The number of alkyl halides is 6. The number of hydrogen-bond acceptors (Lipinski definition) is 8. The summed E-state index contributed by atoms with van der Waals surface area (Å²) in [4.78, 5) is 8.74. The molecule has 9 nitrogen and oxygen atoms in total. The van der Waals surface area contributed by atoms with Crippen LogP contribution in [0.15, 0.2) is 41.3 Å². The maximum Gasteiger partial charge on any atom is 0.422 e. The Bertz CT molecular complexity index is 1170. The van der Waals surface area contributed by atoms with Crippen LogP contribution >= 0.6 is 0 Å². The number of nitrogens with zero attached hydrogens (tertiary/aromatic N) is 2. The Morgan fingerprint density at radius 3 is 1.97 bits per heavy atom. The molecule has 2 aromatic carbocycles. The summed E-state index contributed by atoms with van der Waals surface area (Å²) in [5.41, 5.74) is -1.48. The van der Waals surface area contributed by atoms with E-state index in [0.717, 1.165) is 24.3 Å². The zero-order chi connectivity index (χ0) is 25.0. The normalized spacial score (nSPS) is 12.0. The van der Waals surface area contributed by atoms with Gasteiger partial charge in [0, 0.05) is 12.1 Å². The maximum absolute atomic E-state index is 12.6. The Kier molecular flexibility index (Phi) is 7.27. The lowest BCUT2D eigenvalue weighted by Gasteiger charge is -2.17. The minimum atomic E-state index is -5.03. The quantitative estimate of drug-likeness (QED) is 0.229. The van der Waals surface area contributed by atoms with Crippen LogP contribution in [-0.2, 0) is 10.1 Å². The first-order valence-corrected chi connectivity index (χ1v) is 9.69. The number of rotatable bonds is 8. The van der Waals surface area contributed by atoms with Gasteiger partial charge in [-0.2, -0.15) is 40.0 Å². The highest BCUT2D eigenvalue weighted by Gasteiger charge is 2.34. The van der Waals surface area contributed by atoms with Gasteiger partial charge in [0.1, 0.15) is 28.0 Å². The molecule has 0 N–H and O–H groups in total. The number of nitro groups is 1. The van der Waals surface area contributed by atoms with E-state index in [9.17, 15) is 50.1 Å². The number of nitriles is 1. The maximum atomic E-state index is 12.6. The largest absolute Gasteiger partial charge is 0.483 e. The van der Waals surface area contributed by atoms with Crippen molar-refractivity contribution in [3.05, 3.63) is 52.1 Å². The van der Waals surface area contributed by atoms with Crippen molar-refractivity contribution < 1.29 is 53.3 Å². The van der Waals surface area contributed by atoms with Crippen LogP contribution in [0.5, 0.6) is 17.2 Å². The van der Waals surface area contributed by atoms with Gasteiger partial charge in [0.05, 0.1) is 4.92 Å². The smallest absolute Gasteiger partial charge is 0.422 e. The van der Waals surface area contributed by atoms with E-state index in [4.69, 9.17) is 4.18 Å². The van der Waals surface area contributed by atoms with Gasteiger partial charge in [-0.1, -0.05) is 0 Å². The average Bonchev–Trinajstić information content (AvgIpc) is 2.69. The molecule has 0 atom stereocenters. The molecule has 2 rings (SSSR count). The summed E-state index contributed by atoms with van der Waals surface area (Å²) in [7, 11) is -5.03. The molecule has 16 heteroatoms. The number of halogens is 6. The summed E-state index contributed by atoms with van der Waals surface area (Å²) >= 11 is 0. The second-order valence-electron chi connectivity index (χ2n) is 5.97. The van der Waals surface area contributed by atoms with E-state index in [-0.39, 0.29) is 0 Å². The molecule has 0 amide bonds. The second-order valence-corrected chi connectivity index (χ2v) is 7.49. The zero-order valence-corrected chi connectivity index (χ0v) is 16.6. The second kappa shape index (κ2) is 9.40. The lowest BCUT2D eigenvalue weighted by molar-refractivity contribution is -0.384. The molecule has 0 fully saturated rings. The van der Waals surface area contributed by atoms with Crippen LogP contribution in [0, 0.1) is 21.4 Å². The van der Waals surface area contributed by atoms with E-state index in [1.807, 2.05) is 0 Å². The van der Waals surface area contributed by atoms with Crippen LogP contribution in [0.2, 0.25) is 0 Å². The van der Waals surface area contributed by atoms with Gasteiger partial charge in [-0.05, 0) is 24.3 Å². The SMILES string of the molecule is N#Cc1c(OCC(F)(F)F)ccc(S(=O)(=O)Oc2ccc([N+](=O)[O-])cc2)c1OCC(F)(F)F. The first kappa shape index (κ1) is 25.5. The molecule has 0 heterocycles. The summed E-state index contributed by atoms with van der Waals surface area (Å²) in [6.45, 7) is -4.02. The first-order valence-electron chi connectivity index (χ1n) is 8.28. The molecule has 0 saturated carbocycles. The Morgan fingerprint density at radius 1 is 0.939 bits per heavy atom. The lowest BCUT2D eigenvalue weighted by Crippen LogP contribution is -2.22. The van der Waals surface area contributed by atoms with Crippen molar-refractivity contribution in [1.29, 1.82) is 5.26 Å². The van der Waals surface area contributed by atoms with E-state index >= 15 is 0 Å². The monoisotopic (exact) mass is 500 g/mol. The Morgan fingerprint density at radius 2 is 1.48 bits per heavy atom. The summed E-state index contributed by atoms with van der Waals surface area (Å²) in [6.07, 6.45) is -9.88. The van der Waals surface area contributed by atoms with Gasteiger partial charge < -0.3 is 13.7 Å². The molecule has 2 aromatic rings. The lowest BCUT2D eigenvalue weighted by atomic mass is 10.2. The third kappa shape index (κ3) is 7.14. The fourth-order valence-corrected chi connectivity index (χ4v) is 3.30. The highest BCUT2D eigenvalue weighted by molar-refractivity contribution is 7.87. The molecular formula is C17H10F6N2O7S. The van der Waals surface area contributed by atoms with Crippen LogP contribution in [0.3, 0.4) is 0 Å². The van der Waals surface area contributed by atoms with Crippen molar-refractivity contribution in [3.8, 4) is 23.3 Å². The molecule has 0 aliphatic carbocycles. The van der Waals surface area contributed by atoms with Crippen molar-refractivity contribution in [2.45, 2.75) is 17.2 Å². The topological polar surface area (TPSA) is 129 Å². The molecule has 0 aliphatic rings. The molecule has 0 bridgehead atoms. The van der Waals surface area contributed by atoms with Crippen molar-refractivity contribution in [3.63, 3.8) is 0 Å². The fraction of sp³-hybridized carbons (Fsp3) is 0.235. The number of benzene rings is 2. The van der Waals surface area contributed by atoms with Gasteiger partial charge in [-0.15, -0.1) is 0 Å². The van der Waals surface area contributed by atoms with E-state index < -0.39 is 74.0 Å². The minimum Gasteiger partial charge on any atom is -0.483 e. The Labute approximate surface area is 181 Å². The van der Waals surface area contributed by atoms with Gasteiger partial charge in [0.15, 0.2) is 19.0 Å². The number of non-ortho nitro benzene ring substituents is 1. The Balaban J connectivity index is 2.52. The summed E-state index contributed by atoms with van der Waals surface area (Å²) < 4.78 is 114. The van der Waals surface area contributed by atoms with Gasteiger partial charge in [0.2, 0.25) is 0 Å². The van der Waals surface area contributed by atoms with Crippen LogP contribution in [0.1, 0.15) is 5.56 Å². The van der Waals surface area contributed by atoms with E-state index in [1.165, 1.54) is 6.07 Å². The minimum absolute atomic E-state index is 0.424. The molecule has 0 spiro atoms. The standard InChI is InChI=1S/C17H10F6N2O7S/c18-16(19,20)8-30-13-5-6-14(15(12(13)7-24)31-9-17(21,22)23)33(28,29)32-11-3-1-10(2-4-11)25(26)27/h1-6H,8-9H2. The highest BCUT2D eigenvalue weighted by Crippen LogP contribution is 2.37. The van der Waals surface area contributed by atoms with Crippen molar-refractivity contribution in [1.82, 2.24) is 0 Å². The molecule has 33 heavy (non-hydrogen) atoms. The van der Waals surface area contributed by atoms with Gasteiger partial charge in [0.25, 0.3) is 5.69 Å². The van der Waals surface area contributed by atoms with Crippen molar-refractivity contribution in [2.75, 3.05) is 13.2 Å². The molecule has 0 radical (unpaired) electrons. The van der Waals surface area contributed by atoms with Crippen LogP contribution in [-0.4, -0.2) is 38.9 Å². The number of nitro benzene ring substituents is 1. The molecule has 178 valence electrons. The van der Waals surface area contributed by atoms with Crippen molar-refractivity contribution >= 4 is 15.8 Å². The molecular weight excluding hydrogens is 490 g/mol. The number of ether oxygens (including phenoxy) is 2. The van der Waals surface area contributed by atoms with Crippen LogP contribution < -0.4 is 13.7 Å². The highest BCUT2D eigenvalue weighted by atomic mass is 32.2. The van der Waals surface area contributed by atoms with E-state index in [2.05, 4.69) is 9.47 Å². The third-order valence-electron chi connectivity index (χ3n) is 3.49. The number of hydrogen-bond donors (Lipinski definition) is 0. The predicted octanol–water partition coefficient (Wildman–Crippen LogP) is 4.12. The van der Waals surface area contributed by atoms with E-state index in [0.29, 0.717) is 12.1 Å². The summed E-state index contributed by atoms with van der Waals surface area (Å²) in [5, 5.41) is 19.9. The third-order valence-corrected chi connectivity index (χ3v) is 4.76. The summed E-state index contributed by atoms with van der Waals surface area (Å²) in [5.74, 6) is -2.63. The Hall–Kier alpha value is -3.74.